The van der Waals surface area contributed by atoms with Crippen LogP contribution in [0.15, 0.2) is 54.7 Å². The maximum atomic E-state index is 6.23. The first kappa shape index (κ1) is 13.9. The third-order valence-electron chi connectivity index (χ3n) is 3.25. The summed E-state index contributed by atoms with van der Waals surface area (Å²) < 4.78 is 6.02. The summed E-state index contributed by atoms with van der Waals surface area (Å²) in [5.41, 5.74) is 1.01. The van der Waals surface area contributed by atoms with Crippen molar-refractivity contribution in [2.45, 2.75) is 6.54 Å². The van der Waals surface area contributed by atoms with E-state index in [0.29, 0.717) is 12.4 Å². The third kappa shape index (κ3) is 2.84. The first-order valence-electron chi connectivity index (χ1n) is 6.73. The van der Waals surface area contributed by atoms with Crippen molar-refractivity contribution in [2.24, 2.45) is 0 Å². The van der Waals surface area contributed by atoms with Crippen LogP contribution in [-0.4, -0.2) is 12.0 Å². The summed E-state index contributed by atoms with van der Waals surface area (Å²) in [6, 6.07) is 15.5. The van der Waals surface area contributed by atoms with Crippen LogP contribution in [0.2, 0.25) is 5.02 Å². The number of aromatic nitrogens is 1. The highest BCUT2D eigenvalue weighted by atomic mass is 35.5. The summed E-state index contributed by atoms with van der Waals surface area (Å²) in [5.74, 6) is 1.37. The number of pyridine rings is 1. The van der Waals surface area contributed by atoms with Crippen LogP contribution >= 0.6 is 11.6 Å². The van der Waals surface area contributed by atoms with Crippen molar-refractivity contribution in [1.29, 1.82) is 0 Å². The second-order valence-corrected chi connectivity index (χ2v) is 5.10. The molecule has 0 atom stereocenters. The van der Waals surface area contributed by atoms with E-state index in [1.807, 2.05) is 55.6 Å². The van der Waals surface area contributed by atoms with Crippen LogP contribution in [0.3, 0.4) is 0 Å². The lowest BCUT2D eigenvalue weighted by Crippen LogP contribution is -2.07. The summed E-state index contributed by atoms with van der Waals surface area (Å²) in [4.78, 5) is 4.33. The van der Waals surface area contributed by atoms with Crippen LogP contribution < -0.4 is 10.1 Å². The Morgan fingerprint density at radius 1 is 1.05 bits per heavy atom. The van der Waals surface area contributed by atoms with E-state index in [1.54, 1.807) is 6.20 Å². The van der Waals surface area contributed by atoms with Crippen molar-refractivity contribution in [3.05, 3.63) is 65.3 Å². The third-order valence-corrected chi connectivity index (χ3v) is 3.58. The minimum atomic E-state index is 0.610. The predicted octanol–water partition coefficient (Wildman–Crippen LogP) is 4.40. The Morgan fingerprint density at radius 2 is 1.86 bits per heavy atom. The molecule has 21 heavy (non-hydrogen) atoms. The second kappa shape index (κ2) is 6.12. The minimum absolute atomic E-state index is 0.610. The molecule has 1 heterocycles. The smallest absolute Gasteiger partial charge is 0.223 e. The number of fused-ring (bicyclic) bond motifs is 1. The highest BCUT2D eigenvalue weighted by molar-refractivity contribution is 6.35. The number of ether oxygens (including phenoxy) is 1. The molecule has 0 aliphatic carbocycles. The van der Waals surface area contributed by atoms with E-state index in [9.17, 15) is 0 Å². The van der Waals surface area contributed by atoms with Gasteiger partial charge < -0.3 is 10.1 Å². The molecule has 0 saturated carbocycles. The molecule has 0 aliphatic heterocycles. The van der Waals surface area contributed by atoms with E-state index in [4.69, 9.17) is 16.3 Å². The molecule has 0 aliphatic rings. The Hall–Kier alpha value is -2.10. The van der Waals surface area contributed by atoms with Gasteiger partial charge in [0.1, 0.15) is 5.75 Å². The Balaban J connectivity index is 2.05. The summed E-state index contributed by atoms with van der Waals surface area (Å²) in [6.07, 6.45) is 1.73. The maximum Gasteiger partial charge on any atom is 0.223 e. The van der Waals surface area contributed by atoms with Crippen LogP contribution in [0.1, 0.15) is 5.56 Å². The van der Waals surface area contributed by atoms with Gasteiger partial charge in [0.25, 0.3) is 0 Å². The van der Waals surface area contributed by atoms with Crippen molar-refractivity contribution in [3.8, 4) is 11.6 Å². The first-order chi connectivity index (χ1) is 10.3. The predicted molar refractivity (Wildman–Crippen MR) is 86.0 cm³/mol. The Kier molecular flexibility index (Phi) is 4.04. The van der Waals surface area contributed by atoms with E-state index < -0.39 is 0 Å². The molecule has 3 nitrogen and oxygen atoms in total. The average Bonchev–Trinajstić information content (AvgIpc) is 2.52. The van der Waals surface area contributed by atoms with Gasteiger partial charge in [0.2, 0.25) is 5.88 Å². The molecule has 0 spiro atoms. The van der Waals surface area contributed by atoms with Gasteiger partial charge >= 0.3 is 0 Å². The molecule has 0 bridgehead atoms. The Morgan fingerprint density at radius 3 is 2.67 bits per heavy atom. The van der Waals surface area contributed by atoms with Gasteiger partial charge in [0.05, 0.1) is 0 Å². The molecule has 3 aromatic rings. The van der Waals surface area contributed by atoms with Crippen molar-refractivity contribution < 1.29 is 4.74 Å². The van der Waals surface area contributed by atoms with Crippen LogP contribution in [-0.2, 0) is 6.54 Å². The zero-order chi connectivity index (χ0) is 14.7. The Bertz CT molecular complexity index is 774. The number of benzene rings is 2. The fraction of sp³-hybridized carbons (Fsp3) is 0.118. The second-order valence-electron chi connectivity index (χ2n) is 4.69. The quantitative estimate of drug-likeness (QED) is 0.775. The van der Waals surface area contributed by atoms with E-state index in [1.165, 1.54) is 0 Å². The molecule has 0 radical (unpaired) electrons. The van der Waals surface area contributed by atoms with Crippen LogP contribution in [0.4, 0.5) is 0 Å². The SMILES string of the molecule is CNCc1cccnc1Oc1ccc(Cl)c2ccccc12. The number of hydrogen-bond donors (Lipinski definition) is 1. The van der Waals surface area contributed by atoms with E-state index in [2.05, 4.69) is 10.3 Å². The molecule has 3 rings (SSSR count). The summed E-state index contributed by atoms with van der Waals surface area (Å²) >= 11 is 6.23. The number of halogens is 1. The van der Waals surface area contributed by atoms with E-state index in [0.717, 1.165) is 27.1 Å². The molecular weight excluding hydrogens is 284 g/mol. The maximum absolute atomic E-state index is 6.23. The molecule has 1 N–H and O–H groups in total. The lowest BCUT2D eigenvalue weighted by atomic mass is 10.1. The zero-order valence-corrected chi connectivity index (χ0v) is 12.4. The molecule has 0 fully saturated rings. The standard InChI is InChI=1S/C17H15ClN2O/c1-19-11-12-5-4-10-20-17(12)21-16-9-8-15(18)13-6-2-3-7-14(13)16/h2-10,19H,11H2,1H3. The van der Waals surface area contributed by atoms with Gasteiger partial charge in [-0.15, -0.1) is 0 Å². The molecule has 0 amide bonds. The van der Waals surface area contributed by atoms with Gasteiger partial charge in [-0.25, -0.2) is 4.98 Å². The zero-order valence-electron chi connectivity index (χ0n) is 11.6. The van der Waals surface area contributed by atoms with Gasteiger partial charge in [-0.1, -0.05) is 41.9 Å². The van der Waals surface area contributed by atoms with Crippen molar-refractivity contribution in [2.75, 3.05) is 7.05 Å². The number of hydrogen-bond acceptors (Lipinski definition) is 3. The first-order valence-corrected chi connectivity index (χ1v) is 7.11. The molecule has 2 aromatic carbocycles. The highest BCUT2D eigenvalue weighted by Crippen LogP contribution is 2.34. The number of nitrogens with one attached hydrogen (secondary N) is 1. The van der Waals surface area contributed by atoms with Crippen LogP contribution in [0.5, 0.6) is 11.6 Å². The van der Waals surface area contributed by atoms with Crippen LogP contribution in [0.25, 0.3) is 10.8 Å². The van der Waals surface area contributed by atoms with Crippen LogP contribution in [0, 0.1) is 0 Å². The minimum Gasteiger partial charge on any atom is -0.438 e. The van der Waals surface area contributed by atoms with Crippen molar-refractivity contribution >= 4 is 22.4 Å². The van der Waals surface area contributed by atoms with E-state index >= 15 is 0 Å². The monoisotopic (exact) mass is 298 g/mol. The fourth-order valence-corrected chi connectivity index (χ4v) is 2.50. The summed E-state index contributed by atoms with van der Waals surface area (Å²) in [5, 5.41) is 5.79. The lowest BCUT2D eigenvalue weighted by molar-refractivity contribution is 0.459. The summed E-state index contributed by atoms with van der Waals surface area (Å²) in [7, 11) is 1.90. The van der Waals surface area contributed by atoms with Gasteiger partial charge in [-0.3, -0.25) is 0 Å². The lowest BCUT2D eigenvalue weighted by Gasteiger charge is -2.12. The fourth-order valence-electron chi connectivity index (χ4n) is 2.27. The number of nitrogens with zero attached hydrogens (tertiary/aromatic N) is 1. The van der Waals surface area contributed by atoms with Gasteiger partial charge in [-0.05, 0) is 25.2 Å². The number of rotatable bonds is 4. The molecule has 1 aromatic heterocycles. The van der Waals surface area contributed by atoms with Gasteiger partial charge in [0.15, 0.2) is 0 Å². The highest BCUT2D eigenvalue weighted by Gasteiger charge is 2.09. The normalized spacial score (nSPS) is 10.8. The van der Waals surface area contributed by atoms with Gasteiger partial charge in [0, 0.05) is 34.1 Å². The largest absolute Gasteiger partial charge is 0.438 e. The summed E-state index contributed by atoms with van der Waals surface area (Å²) in [6.45, 7) is 0.703. The topological polar surface area (TPSA) is 34.2 Å². The molecule has 0 saturated heterocycles. The molecule has 0 unspecified atom stereocenters. The van der Waals surface area contributed by atoms with Crippen molar-refractivity contribution in [1.82, 2.24) is 10.3 Å². The van der Waals surface area contributed by atoms with E-state index in [-0.39, 0.29) is 0 Å². The molecular formula is C17H15ClN2O. The van der Waals surface area contributed by atoms with Crippen molar-refractivity contribution in [3.63, 3.8) is 0 Å². The molecule has 4 heteroatoms. The van der Waals surface area contributed by atoms with Gasteiger partial charge in [-0.2, -0.15) is 0 Å². The Labute approximate surface area is 128 Å². The average molecular weight is 299 g/mol. The molecule has 106 valence electrons.